The predicted octanol–water partition coefficient (Wildman–Crippen LogP) is 3.00. The van der Waals surface area contributed by atoms with Gasteiger partial charge in [-0.05, 0) is 46.2 Å². The Morgan fingerprint density at radius 2 is 2.06 bits per heavy atom. The molecular weight excluding hydrogens is 233 g/mol. The fourth-order valence-electron chi connectivity index (χ4n) is 2.67. The largest absolute Gasteiger partial charge is 0.369 e. The van der Waals surface area contributed by atoms with Crippen molar-refractivity contribution >= 4 is 5.78 Å². The molecular formula is C14H18FNO2. The molecule has 0 spiro atoms. The van der Waals surface area contributed by atoms with Crippen LogP contribution in [0, 0.1) is 11.7 Å². The highest BCUT2D eigenvalue weighted by molar-refractivity contribution is 5.97. The molecule has 1 unspecified atom stereocenters. The summed E-state index contributed by atoms with van der Waals surface area (Å²) in [5.41, 5.74) is -0.531. The van der Waals surface area contributed by atoms with Crippen LogP contribution < -0.4 is 0 Å². The summed E-state index contributed by atoms with van der Waals surface area (Å²) in [5.74, 6) is -0.759. The van der Waals surface area contributed by atoms with Crippen LogP contribution in [0.1, 0.15) is 44.6 Å². The second-order valence-corrected chi connectivity index (χ2v) is 5.95. The van der Waals surface area contributed by atoms with Gasteiger partial charge in [0.05, 0.1) is 23.3 Å². The van der Waals surface area contributed by atoms with Crippen molar-refractivity contribution in [3.63, 3.8) is 0 Å². The minimum absolute atomic E-state index is 0.0782. The lowest BCUT2D eigenvalue weighted by Gasteiger charge is -2.26. The standard InChI is InChI=1S/C14H18FNO2/c1-13(2)7-10(14(3,4)18-13)12(17)11-6-5-9(15)8-16-11/h5-6,8,10H,7H2,1-4H3. The Hall–Kier alpha value is -1.29. The number of carbonyl (C=O) groups is 1. The summed E-state index contributed by atoms with van der Waals surface area (Å²) >= 11 is 0. The quantitative estimate of drug-likeness (QED) is 0.758. The van der Waals surface area contributed by atoms with E-state index in [0.717, 1.165) is 6.20 Å². The number of ketones is 1. The number of carbonyl (C=O) groups excluding carboxylic acids is 1. The van der Waals surface area contributed by atoms with Gasteiger partial charge in [0.1, 0.15) is 11.5 Å². The van der Waals surface area contributed by atoms with Crippen LogP contribution >= 0.6 is 0 Å². The zero-order valence-electron chi connectivity index (χ0n) is 11.2. The van der Waals surface area contributed by atoms with E-state index in [9.17, 15) is 9.18 Å². The van der Waals surface area contributed by atoms with E-state index in [-0.39, 0.29) is 17.3 Å². The number of nitrogens with zero attached hydrogens (tertiary/aromatic N) is 1. The molecule has 1 aromatic rings. The molecule has 2 heterocycles. The van der Waals surface area contributed by atoms with Crippen molar-refractivity contribution in [2.45, 2.75) is 45.3 Å². The third-order valence-electron chi connectivity index (χ3n) is 3.37. The lowest BCUT2D eigenvalue weighted by molar-refractivity contribution is -0.0712. The van der Waals surface area contributed by atoms with Gasteiger partial charge in [0.2, 0.25) is 0 Å². The van der Waals surface area contributed by atoms with E-state index in [1.807, 2.05) is 27.7 Å². The van der Waals surface area contributed by atoms with Gasteiger partial charge in [0.15, 0.2) is 5.78 Å². The van der Waals surface area contributed by atoms with Crippen LogP contribution in [0.25, 0.3) is 0 Å². The normalized spacial score (nSPS) is 25.1. The number of hydrogen-bond donors (Lipinski definition) is 0. The Labute approximate surface area is 106 Å². The van der Waals surface area contributed by atoms with Crippen molar-refractivity contribution in [2.75, 3.05) is 0 Å². The summed E-state index contributed by atoms with van der Waals surface area (Å²) in [4.78, 5) is 16.3. The smallest absolute Gasteiger partial charge is 0.187 e. The van der Waals surface area contributed by atoms with Crippen molar-refractivity contribution in [3.05, 3.63) is 29.8 Å². The van der Waals surface area contributed by atoms with Crippen LogP contribution in [0.4, 0.5) is 4.39 Å². The SMILES string of the molecule is CC1(C)CC(C(=O)c2ccc(F)cn2)C(C)(C)O1. The summed E-state index contributed by atoms with van der Waals surface area (Å²) in [6, 6.07) is 2.69. The maximum absolute atomic E-state index is 12.8. The molecule has 1 aromatic heterocycles. The van der Waals surface area contributed by atoms with Gasteiger partial charge in [0.25, 0.3) is 0 Å². The summed E-state index contributed by atoms with van der Waals surface area (Å²) in [6.07, 6.45) is 1.72. The Bertz CT molecular complexity index is 465. The van der Waals surface area contributed by atoms with Crippen LogP contribution in [-0.2, 0) is 4.74 Å². The number of Topliss-reactive ketones (excluding diaryl/α,β-unsaturated/α-hetero) is 1. The van der Waals surface area contributed by atoms with Crippen LogP contribution in [0.3, 0.4) is 0 Å². The van der Waals surface area contributed by atoms with Gasteiger partial charge in [-0.25, -0.2) is 4.39 Å². The lowest BCUT2D eigenvalue weighted by Crippen LogP contribution is -2.34. The summed E-state index contributed by atoms with van der Waals surface area (Å²) in [5, 5.41) is 0. The molecule has 0 N–H and O–H groups in total. The molecule has 1 atom stereocenters. The van der Waals surface area contributed by atoms with Crippen molar-refractivity contribution in [1.29, 1.82) is 0 Å². The molecule has 0 aliphatic carbocycles. The Morgan fingerprint density at radius 1 is 1.39 bits per heavy atom. The van der Waals surface area contributed by atoms with Gasteiger partial charge in [-0.2, -0.15) is 0 Å². The van der Waals surface area contributed by atoms with E-state index in [4.69, 9.17) is 4.74 Å². The van der Waals surface area contributed by atoms with Crippen LogP contribution in [-0.4, -0.2) is 22.0 Å². The number of rotatable bonds is 2. The van der Waals surface area contributed by atoms with E-state index in [0.29, 0.717) is 12.1 Å². The van der Waals surface area contributed by atoms with E-state index < -0.39 is 11.4 Å². The molecule has 1 saturated heterocycles. The van der Waals surface area contributed by atoms with Gasteiger partial charge in [-0.15, -0.1) is 0 Å². The second kappa shape index (κ2) is 4.12. The van der Waals surface area contributed by atoms with E-state index in [1.54, 1.807) is 0 Å². The van der Waals surface area contributed by atoms with Crippen LogP contribution in [0.2, 0.25) is 0 Å². The zero-order valence-corrected chi connectivity index (χ0v) is 11.2. The average molecular weight is 251 g/mol. The molecule has 4 heteroatoms. The first-order valence-electron chi connectivity index (χ1n) is 6.07. The minimum atomic E-state index is -0.517. The molecule has 0 saturated carbocycles. The van der Waals surface area contributed by atoms with Gasteiger partial charge >= 0.3 is 0 Å². The van der Waals surface area contributed by atoms with Crippen LogP contribution in [0.5, 0.6) is 0 Å². The fraction of sp³-hybridized carbons (Fsp3) is 0.571. The molecule has 0 amide bonds. The third-order valence-corrected chi connectivity index (χ3v) is 3.37. The maximum Gasteiger partial charge on any atom is 0.187 e. The molecule has 1 aliphatic heterocycles. The van der Waals surface area contributed by atoms with E-state index >= 15 is 0 Å². The molecule has 0 aromatic carbocycles. The first-order valence-corrected chi connectivity index (χ1v) is 6.07. The number of hydrogen-bond acceptors (Lipinski definition) is 3. The molecule has 0 bridgehead atoms. The van der Waals surface area contributed by atoms with Crippen molar-refractivity contribution in [3.8, 4) is 0 Å². The number of pyridine rings is 1. The molecule has 1 aliphatic rings. The lowest BCUT2D eigenvalue weighted by atomic mass is 9.83. The third kappa shape index (κ3) is 2.43. The highest BCUT2D eigenvalue weighted by Gasteiger charge is 2.49. The second-order valence-electron chi connectivity index (χ2n) is 5.95. The molecule has 2 rings (SSSR count). The van der Waals surface area contributed by atoms with Crippen LogP contribution in [0.15, 0.2) is 18.3 Å². The predicted molar refractivity (Wildman–Crippen MR) is 65.9 cm³/mol. The highest BCUT2D eigenvalue weighted by atomic mass is 19.1. The number of halogens is 1. The summed E-state index contributed by atoms with van der Waals surface area (Å²) < 4.78 is 18.7. The molecule has 0 radical (unpaired) electrons. The van der Waals surface area contributed by atoms with Gasteiger partial charge in [-0.3, -0.25) is 9.78 Å². The van der Waals surface area contributed by atoms with Crippen molar-refractivity contribution in [1.82, 2.24) is 4.98 Å². The minimum Gasteiger partial charge on any atom is -0.369 e. The fourth-order valence-corrected chi connectivity index (χ4v) is 2.67. The maximum atomic E-state index is 12.8. The molecule has 18 heavy (non-hydrogen) atoms. The zero-order chi connectivity index (χ0) is 13.6. The van der Waals surface area contributed by atoms with Gasteiger partial charge in [-0.1, -0.05) is 0 Å². The summed E-state index contributed by atoms with van der Waals surface area (Å²) in [7, 11) is 0. The van der Waals surface area contributed by atoms with Gasteiger partial charge in [0, 0.05) is 0 Å². The first kappa shape index (κ1) is 13.1. The topological polar surface area (TPSA) is 39.2 Å². The number of aromatic nitrogens is 1. The molecule has 3 nitrogen and oxygen atoms in total. The summed E-state index contributed by atoms with van der Waals surface area (Å²) in [6.45, 7) is 7.77. The monoisotopic (exact) mass is 251 g/mol. The van der Waals surface area contributed by atoms with E-state index in [2.05, 4.69) is 4.98 Å². The Balaban J connectivity index is 2.27. The average Bonchev–Trinajstić information content (AvgIpc) is 2.47. The first-order chi connectivity index (χ1) is 8.21. The Morgan fingerprint density at radius 3 is 2.50 bits per heavy atom. The van der Waals surface area contributed by atoms with Crippen molar-refractivity contribution < 1.29 is 13.9 Å². The Kier molecular flexibility index (Phi) is 3.01. The molecule has 1 fully saturated rings. The highest BCUT2D eigenvalue weighted by Crippen LogP contribution is 2.43. The molecule has 98 valence electrons. The number of ether oxygens (including phenoxy) is 1. The van der Waals surface area contributed by atoms with Gasteiger partial charge < -0.3 is 4.74 Å². The van der Waals surface area contributed by atoms with Crippen molar-refractivity contribution in [2.24, 2.45) is 5.92 Å². The van der Waals surface area contributed by atoms with E-state index in [1.165, 1.54) is 12.1 Å².